The van der Waals surface area contributed by atoms with E-state index in [-0.39, 0.29) is 29.2 Å². The number of nitriles is 1. The number of thioether (sulfide) groups is 1. The van der Waals surface area contributed by atoms with Gasteiger partial charge < -0.3 is 9.80 Å². The Labute approximate surface area is 164 Å². The molecule has 0 bridgehead atoms. The molecule has 0 radical (unpaired) electrons. The number of hydrogen-bond acceptors (Lipinski definition) is 6. The average Bonchev–Trinajstić information content (AvgIpc) is 3.07. The van der Waals surface area contributed by atoms with E-state index in [1.807, 2.05) is 29.2 Å². The molecule has 2 fully saturated rings. The topological polar surface area (TPSA) is 93.8 Å². The van der Waals surface area contributed by atoms with Gasteiger partial charge in [0, 0.05) is 29.7 Å². The van der Waals surface area contributed by atoms with Crippen molar-refractivity contribution in [2.24, 2.45) is 4.99 Å². The summed E-state index contributed by atoms with van der Waals surface area (Å²) in [5, 5.41) is 9.04. The van der Waals surface area contributed by atoms with Crippen LogP contribution in [0.1, 0.15) is 20.3 Å². The molecular formula is C18H22N4O3S2. The van der Waals surface area contributed by atoms with Crippen LogP contribution in [0.3, 0.4) is 0 Å². The highest BCUT2D eigenvalue weighted by molar-refractivity contribution is 8.16. The van der Waals surface area contributed by atoms with Crippen LogP contribution in [0.4, 0.5) is 11.4 Å². The maximum absolute atomic E-state index is 12.1. The van der Waals surface area contributed by atoms with Crippen LogP contribution in [-0.2, 0) is 14.6 Å². The summed E-state index contributed by atoms with van der Waals surface area (Å²) >= 11 is 1.32. The normalized spacial score (nSPS) is 24.6. The minimum absolute atomic E-state index is 0.0495. The zero-order chi connectivity index (χ0) is 19.6. The van der Waals surface area contributed by atoms with Crippen LogP contribution in [0.25, 0.3) is 0 Å². The van der Waals surface area contributed by atoms with Crippen LogP contribution < -0.4 is 9.80 Å². The summed E-state index contributed by atoms with van der Waals surface area (Å²) in [6.07, 6.45) is -0.285. The molecule has 2 heterocycles. The lowest BCUT2D eigenvalue weighted by atomic mass is 10.2. The quantitative estimate of drug-likeness (QED) is 0.739. The maximum atomic E-state index is 12.1. The van der Waals surface area contributed by atoms with Crippen LogP contribution in [0, 0.1) is 11.3 Å². The first-order valence-corrected chi connectivity index (χ1v) is 11.6. The van der Waals surface area contributed by atoms with Crippen molar-refractivity contribution >= 4 is 44.0 Å². The van der Waals surface area contributed by atoms with Gasteiger partial charge in [0.25, 0.3) is 5.91 Å². The Morgan fingerprint density at radius 2 is 1.96 bits per heavy atom. The SMILES string of the molecule is CCN(CC)c1ccc(N2C(=NC(=O)CC#N)S[C@@H]3CS(=O)(=O)C[C@H]32)cc1. The molecule has 27 heavy (non-hydrogen) atoms. The van der Waals surface area contributed by atoms with Crippen molar-refractivity contribution in [2.45, 2.75) is 31.6 Å². The number of anilines is 2. The fraction of sp³-hybridized carbons (Fsp3) is 0.500. The van der Waals surface area contributed by atoms with Crippen LogP contribution in [0.5, 0.6) is 0 Å². The molecule has 1 aromatic rings. The standard InChI is InChI=1S/C18H22N4O3S2/c1-3-21(4-2)13-5-7-14(8-6-13)22-15-11-27(24,25)12-16(15)26-18(22)20-17(23)9-10-19/h5-8,15-16H,3-4,9,11-12H2,1-2H3/t15-,16-/m1/s1. The van der Waals surface area contributed by atoms with E-state index in [1.54, 1.807) is 6.07 Å². The third-order valence-electron chi connectivity index (χ3n) is 4.77. The molecule has 7 nitrogen and oxygen atoms in total. The van der Waals surface area contributed by atoms with Crippen LogP contribution in [0.2, 0.25) is 0 Å². The Bertz CT molecular complexity index is 886. The highest BCUT2D eigenvalue weighted by Crippen LogP contribution is 2.41. The molecule has 2 aliphatic heterocycles. The molecule has 0 aromatic heterocycles. The van der Waals surface area contributed by atoms with Crippen molar-refractivity contribution < 1.29 is 13.2 Å². The van der Waals surface area contributed by atoms with E-state index >= 15 is 0 Å². The van der Waals surface area contributed by atoms with Crippen molar-refractivity contribution in [1.29, 1.82) is 5.26 Å². The van der Waals surface area contributed by atoms with Crippen molar-refractivity contribution in [3.63, 3.8) is 0 Å². The molecule has 0 N–H and O–H groups in total. The lowest BCUT2D eigenvalue weighted by Crippen LogP contribution is -2.37. The van der Waals surface area contributed by atoms with E-state index in [4.69, 9.17) is 5.26 Å². The van der Waals surface area contributed by atoms with Crippen molar-refractivity contribution in [1.82, 2.24) is 0 Å². The second-order valence-electron chi connectivity index (χ2n) is 6.48. The van der Waals surface area contributed by atoms with Crippen LogP contribution in [-0.4, -0.2) is 55.4 Å². The number of sulfone groups is 1. The van der Waals surface area contributed by atoms with E-state index in [2.05, 4.69) is 23.7 Å². The summed E-state index contributed by atoms with van der Waals surface area (Å²) in [5.74, 6) is -0.372. The van der Waals surface area contributed by atoms with Crippen LogP contribution >= 0.6 is 11.8 Å². The molecule has 2 saturated heterocycles. The van der Waals surface area contributed by atoms with Crippen molar-refractivity contribution in [3.8, 4) is 6.07 Å². The lowest BCUT2D eigenvalue weighted by Gasteiger charge is -2.26. The summed E-state index contributed by atoms with van der Waals surface area (Å²) in [6.45, 7) is 5.98. The minimum atomic E-state index is -3.10. The molecule has 0 aliphatic carbocycles. The molecular weight excluding hydrogens is 384 g/mol. The zero-order valence-electron chi connectivity index (χ0n) is 15.3. The molecule has 0 saturated carbocycles. The number of aliphatic imine (C=N–C) groups is 1. The first kappa shape index (κ1) is 19.7. The van der Waals surface area contributed by atoms with Gasteiger partial charge in [-0.1, -0.05) is 11.8 Å². The van der Waals surface area contributed by atoms with Gasteiger partial charge in [-0.15, -0.1) is 0 Å². The van der Waals surface area contributed by atoms with E-state index in [9.17, 15) is 13.2 Å². The summed E-state index contributed by atoms with van der Waals surface area (Å²) in [6, 6.07) is 9.43. The second-order valence-corrected chi connectivity index (χ2v) is 9.84. The van der Waals surface area contributed by atoms with Gasteiger partial charge in [0.1, 0.15) is 6.42 Å². The lowest BCUT2D eigenvalue weighted by molar-refractivity contribution is -0.116. The first-order chi connectivity index (χ1) is 12.9. The van der Waals surface area contributed by atoms with Gasteiger partial charge >= 0.3 is 0 Å². The Kier molecular flexibility index (Phi) is 5.77. The van der Waals surface area contributed by atoms with E-state index in [0.717, 1.165) is 24.5 Å². The van der Waals surface area contributed by atoms with Gasteiger partial charge in [-0.2, -0.15) is 10.3 Å². The number of amides is 1. The largest absolute Gasteiger partial charge is 0.372 e. The van der Waals surface area contributed by atoms with Gasteiger partial charge in [-0.3, -0.25) is 4.79 Å². The van der Waals surface area contributed by atoms with Gasteiger partial charge in [-0.05, 0) is 38.1 Å². The summed E-state index contributed by atoms with van der Waals surface area (Å²) in [5.41, 5.74) is 1.90. The Balaban J connectivity index is 1.95. The third-order valence-corrected chi connectivity index (χ3v) is 7.98. The third kappa shape index (κ3) is 4.12. The number of fused-ring (bicyclic) bond motifs is 1. The summed E-state index contributed by atoms with van der Waals surface area (Å²) < 4.78 is 24.2. The number of nitrogens with zero attached hydrogens (tertiary/aromatic N) is 4. The molecule has 1 amide bonds. The number of amidine groups is 1. The van der Waals surface area contributed by atoms with E-state index in [0.29, 0.717) is 5.17 Å². The molecule has 9 heteroatoms. The molecule has 0 unspecified atom stereocenters. The Morgan fingerprint density at radius 1 is 1.30 bits per heavy atom. The van der Waals surface area contributed by atoms with E-state index in [1.165, 1.54) is 11.8 Å². The molecule has 0 spiro atoms. The minimum Gasteiger partial charge on any atom is -0.372 e. The van der Waals surface area contributed by atoms with Gasteiger partial charge in [0.15, 0.2) is 15.0 Å². The monoisotopic (exact) mass is 406 g/mol. The second kappa shape index (κ2) is 7.90. The highest BCUT2D eigenvalue weighted by atomic mass is 32.2. The molecule has 2 atom stereocenters. The maximum Gasteiger partial charge on any atom is 0.262 e. The summed E-state index contributed by atoms with van der Waals surface area (Å²) in [7, 11) is -3.10. The highest BCUT2D eigenvalue weighted by Gasteiger charge is 2.49. The predicted molar refractivity (Wildman–Crippen MR) is 109 cm³/mol. The molecule has 1 aromatic carbocycles. The summed E-state index contributed by atoms with van der Waals surface area (Å²) in [4.78, 5) is 20.0. The Morgan fingerprint density at radius 3 is 2.56 bits per heavy atom. The molecule has 3 rings (SSSR count). The van der Waals surface area contributed by atoms with Crippen LogP contribution in [0.15, 0.2) is 29.3 Å². The Hall–Kier alpha value is -2.05. The number of carbonyl (C=O) groups excluding carboxylic acids is 1. The first-order valence-electron chi connectivity index (χ1n) is 8.88. The van der Waals surface area contributed by atoms with Crippen molar-refractivity contribution in [3.05, 3.63) is 24.3 Å². The number of carbonyl (C=O) groups is 1. The molecule has 144 valence electrons. The molecule has 2 aliphatic rings. The van der Waals surface area contributed by atoms with E-state index < -0.39 is 15.7 Å². The number of hydrogen-bond donors (Lipinski definition) is 0. The van der Waals surface area contributed by atoms with Crippen molar-refractivity contribution in [2.75, 3.05) is 34.4 Å². The fourth-order valence-electron chi connectivity index (χ4n) is 3.49. The number of benzene rings is 1. The zero-order valence-corrected chi connectivity index (χ0v) is 17.0. The number of rotatable bonds is 5. The average molecular weight is 407 g/mol. The smallest absolute Gasteiger partial charge is 0.262 e. The van der Waals surface area contributed by atoms with Gasteiger partial charge in [0.05, 0.1) is 23.6 Å². The fourth-order valence-corrected chi connectivity index (χ4v) is 7.42. The van der Waals surface area contributed by atoms with Gasteiger partial charge in [0.2, 0.25) is 0 Å². The van der Waals surface area contributed by atoms with Gasteiger partial charge in [-0.25, -0.2) is 8.42 Å². The predicted octanol–water partition coefficient (Wildman–Crippen LogP) is 2.05.